The van der Waals surface area contributed by atoms with Crippen molar-refractivity contribution in [3.05, 3.63) is 17.3 Å². The minimum Gasteiger partial charge on any atom is -0.445 e. The highest BCUT2D eigenvalue weighted by atomic mass is 35.5. The lowest BCUT2D eigenvalue weighted by Gasteiger charge is -2.41. The van der Waals surface area contributed by atoms with Crippen molar-refractivity contribution in [3.8, 4) is 0 Å². The lowest BCUT2D eigenvalue weighted by Crippen LogP contribution is -2.60. The van der Waals surface area contributed by atoms with Crippen LogP contribution in [0, 0.1) is 0 Å². The summed E-state index contributed by atoms with van der Waals surface area (Å²) >= 11 is 0. The maximum absolute atomic E-state index is 12.5. The largest absolute Gasteiger partial charge is 0.445 e. The van der Waals surface area contributed by atoms with E-state index in [9.17, 15) is 4.79 Å². The summed E-state index contributed by atoms with van der Waals surface area (Å²) in [5, 5.41) is 0. The summed E-state index contributed by atoms with van der Waals surface area (Å²) in [6.07, 6.45) is 5.34. The predicted octanol–water partition coefficient (Wildman–Crippen LogP) is 1.76. The third kappa shape index (κ3) is 2.99. The van der Waals surface area contributed by atoms with Gasteiger partial charge in [-0.3, -0.25) is 4.79 Å². The minimum atomic E-state index is -0.620. The van der Waals surface area contributed by atoms with Crippen LogP contribution in [0.5, 0.6) is 0 Å². The molecule has 1 aromatic rings. The van der Waals surface area contributed by atoms with Crippen LogP contribution in [0.3, 0.4) is 0 Å². The number of halogens is 1. The van der Waals surface area contributed by atoms with Crippen molar-refractivity contribution in [2.45, 2.75) is 56.5 Å². The van der Waals surface area contributed by atoms with Crippen LogP contribution in [0.25, 0.3) is 0 Å². The normalized spacial score (nSPS) is 23.6. The van der Waals surface area contributed by atoms with E-state index in [4.69, 9.17) is 14.9 Å². The standard InChI is InChI=1S/C16H23N3O3.ClH/c17-16(5-1-6-16)15(20)19-7-2-13-12(10-19)18-14(22-13)11-3-8-21-9-4-11;/h11H,1-10,17H2;1H. The van der Waals surface area contributed by atoms with Crippen LogP contribution >= 0.6 is 12.4 Å². The highest BCUT2D eigenvalue weighted by Crippen LogP contribution is 2.34. The van der Waals surface area contributed by atoms with E-state index < -0.39 is 5.54 Å². The Morgan fingerprint density at radius 1 is 1.30 bits per heavy atom. The zero-order valence-corrected chi connectivity index (χ0v) is 14.1. The lowest BCUT2D eigenvalue weighted by molar-refractivity contribution is -0.141. The number of amides is 1. The fourth-order valence-corrected chi connectivity index (χ4v) is 3.60. The molecule has 0 aromatic carbocycles. The summed E-state index contributed by atoms with van der Waals surface area (Å²) < 4.78 is 11.4. The highest BCUT2D eigenvalue weighted by molar-refractivity contribution is 5.87. The molecule has 2 fully saturated rings. The van der Waals surface area contributed by atoms with Crippen molar-refractivity contribution in [2.24, 2.45) is 5.73 Å². The Hall–Kier alpha value is -1.11. The van der Waals surface area contributed by atoms with E-state index in [2.05, 4.69) is 4.98 Å². The number of nitrogens with zero attached hydrogens (tertiary/aromatic N) is 2. The van der Waals surface area contributed by atoms with Gasteiger partial charge in [-0.25, -0.2) is 4.98 Å². The second kappa shape index (κ2) is 6.42. The van der Waals surface area contributed by atoms with Crippen LogP contribution in [0.1, 0.15) is 55.4 Å². The van der Waals surface area contributed by atoms with Crippen molar-refractivity contribution in [1.29, 1.82) is 0 Å². The van der Waals surface area contributed by atoms with Crippen molar-refractivity contribution < 1.29 is 13.9 Å². The molecule has 7 heteroatoms. The number of carbonyl (C=O) groups is 1. The van der Waals surface area contributed by atoms with Gasteiger partial charge in [0.15, 0.2) is 5.89 Å². The SMILES string of the molecule is Cl.NC1(C(=O)N2CCc3oc(C4CCOCC4)nc3C2)CCC1. The molecule has 0 radical (unpaired) electrons. The smallest absolute Gasteiger partial charge is 0.243 e. The van der Waals surface area contributed by atoms with Gasteiger partial charge < -0.3 is 19.8 Å². The number of ether oxygens (including phenoxy) is 1. The Balaban J connectivity index is 0.00000156. The summed E-state index contributed by atoms with van der Waals surface area (Å²) in [4.78, 5) is 19.1. The van der Waals surface area contributed by atoms with Crippen LogP contribution < -0.4 is 5.73 Å². The molecule has 3 aliphatic rings. The Bertz CT molecular complexity index is 579. The van der Waals surface area contributed by atoms with Gasteiger partial charge in [0.25, 0.3) is 0 Å². The first kappa shape index (κ1) is 16.7. The van der Waals surface area contributed by atoms with Crippen LogP contribution in [0.2, 0.25) is 0 Å². The summed E-state index contributed by atoms with van der Waals surface area (Å²) in [5.41, 5.74) is 6.47. The Morgan fingerprint density at radius 3 is 2.70 bits per heavy atom. The van der Waals surface area contributed by atoms with E-state index in [0.29, 0.717) is 19.0 Å². The van der Waals surface area contributed by atoms with Gasteiger partial charge in [-0.2, -0.15) is 0 Å². The predicted molar refractivity (Wildman–Crippen MR) is 86.4 cm³/mol. The molecule has 2 aliphatic heterocycles. The van der Waals surface area contributed by atoms with E-state index in [-0.39, 0.29) is 18.3 Å². The van der Waals surface area contributed by atoms with Crippen molar-refractivity contribution >= 4 is 18.3 Å². The first-order valence-electron chi connectivity index (χ1n) is 8.30. The van der Waals surface area contributed by atoms with Gasteiger partial charge in [0.05, 0.1) is 12.1 Å². The molecular formula is C16H24ClN3O3. The lowest BCUT2D eigenvalue weighted by atomic mass is 9.76. The van der Waals surface area contributed by atoms with Gasteiger partial charge in [0, 0.05) is 32.1 Å². The minimum absolute atomic E-state index is 0. The Kier molecular flexibility index (Phi) is 4.67. The number of fused-ring (bicyclic) bond motifs is 1. The molecular weight excluding hydrogens is 318 g/mol. The summed E-state index contributed by atoms with van der Waals surface area (Å²) in [6, 6.07) is 0. The molecule has 0 bridgehead atoms. The van der Waals surface area contributed by atoms with E-state index in [1.165, 1.54) is 0 Å². The molecule has 6 nitrogen and oxygen atoms in total. The zero-order chi connectivity index (χ0) is 15.2. The second-order valence-electron chi connectivity index (χ2n) is 6.80. The molecule has 1 amide bonds. The van der Waals surface area contributed by atoms with Crippen LogP contribution in [0.15, 0.2) is 4.42 Å². The van der Waals surface area contributed by atoms with Crippen molar-refractivity contribution in [2.75, 3.05) is 19.8 Å². The number of oxazole rings is 1. The summed E-state index contributed by atoms with van der Waals surface area (Å²) in [7, 11) is 0. The number of nitrogens with two attached hydrogens (primary N) is 1. The molecule has 0 unspecified atom stereocenters. The zero-order valence-electron chi connectivity index (χ0n) is 13.3. The molecule has 2 N–H and O–H groups in total. The fraction of sp³-hybridized carbons (Fsp3) is 0.750. The monoisotopic (exact) mass is 341 g/mol. The molecule has 128 valence electrons. The first-order chi connectivity index (χ1) is 10.7. The third-order valence-electron chi connectivity index (χ3n) is 5.27. The molecule has 3 heterocycles. The van der Waals surface area contributed by atoms with E-state index in [0.717, 1.165) is 69.1 Å². The maximum atomic E-state index is 12.5. The van der Waals surface area contributed by atoms with Gasteiger partial charge in [-0.1, -0.05) is 0 Å². The number of hydrogen-bond donors (Lipinski definition) is 1. The average molecular weight is 342 g/mol. The molecule has 1 aliphatic carbocycles. The van der Waals surface area contributed by atoms with Crippen LogP contribution in [0.4, 0.5) is 0 Å². The van der Waals surface area contributed by atoms with E-state index in [1.54, 1.807) is 0 Å². The number of aromatic nitrogens is 1. The van der Waals surface area contributed by atoms with E-state index in [1.807, 2.05) is 4.90 Å². The number of rotatable bonds is 2. The molecule has 4 rings (SSSR count). The number of hydrogen-bond acceptors (Lipinski definition) is 5. The topological polar surface area (TPSA) is 81.6 Å². The average Bonchev–Trinajstić information content (AvgIpc) is 2.96. The molecule has 0 atom stereocenters. The van der Waals surface area contributed by atoms with E-state index >= 15 is 0 Å². The Labute approximate surface area is 142 Å². The van der Waals surface area contributed by atoms with Crippen LogP contribution in [-0.2, 0) is 22.5 Å². The van der Waals surface area contributed by atoms with Gasteiger partial charge >= 0.3 is 0 Å². The van der Waals surface area contributed by atoms with Gasteiger partial charge in [-0.05, 0) is 32.1 Å². The van der Waals surface area contributed by atoms with Crippen molar-refractivity contribution in [1.82, 2.24) is 9.88 Å². The number of carbonyl (C=O) groups excluding carboxylic acids is 1. The fourth-order valence-electron chi connectivity index (χ4n) is 3.60. The first-order valence-corrected chi connectivity index (χ1v) is 8.30. The van der Waals surface area contributed by atoms with Gasteiger partial charge in [-0.15, -0.1) is 12.4 Å². The molecule has 23 heavy (non-hydrogen) atoms. The quantitative estimate of drug-likeness (QED) is 0.886. The van der Waals surface area contributed by atoms with Crippen molar-refractivity contribution in [3.63, 3.8) is 0 Å². The van der Waals surface area contributed by atoms with Gasteiger partial charge in [0.1, 0.15) is 11.5 Å². The Morgan fingerprint density at radius 2 is 2.04 bits per heavy atom. The molecule has 1 saturated carbocycles. The third-order valence-corrected chi connectivity index (χ3v) is 5.27. The maximum Gasteiger partial charge on any atom is 0.243 e. The summed E-state index contributed by atoms with van der Waals surface area (Å²) in [6.45, 7) is 2.78. The molecule has 1 saturated heterocycles. The van der Waals surface area contributed by atoms with Crippen LogP contribution in [-0.4, -0.2) is 41.1 Å². The molecule has 0 spiro atoms. The second-order valence-corrected chi connectivity index (χ2v) is 6.80. The van der Waals surface area contributed by atoms with Gasteiger partial charge in [0.2, 0.25) is 5.91 Å². The molecule has 1 aromatic heterocycles. The highest BCUT2D eigenvalue weighted by Gasteiger charge is 2.43. The summed E-state index contributed by atoms with van der Waals surface area (Å²) in [5.74, 6) is 2.22.